The van der Waals surface area contributed by atoms with Gasteiger partial charge in [0.1, 0.15) is 10.6 Å². The number of pyridine rings is 1. The molecule has 0 saturated heterocycles. The molecule has 0 spiro atoms. The lowest BCUT2D eigenvalue weighted by molar-refractivity contribution is 0.899. The standard InChI is InChI=1S/C14H15N5S/c1-15-14-17-12(11-5-8-20-13(11)18-14)19(2)9-10-3-6-16-7-4-10/h3-8H,9H2,1-2H3,(H,15,17,18). The molecule has 0 fully saturated rings. The van der Waals surface area contributed by atoms with Crippen molar-refractivity contribution in [2.24, 2.45) is 0 Å². The lowest BCUT2D eigenvalue weighted by atomic mass is 10.2. The van der Waals surface area contributed by atoms with Crippen molar-refractivity contribution in [2.45, 2.75) is 6.54 Å². The molecule has 5 nitrogen and oxygen atoms in total. The van der Waals surface area contributed by atoms with Crippen molar-refractivity contribution in [1.29, 1.82) is 0 Å². The van der Waals surface area contributed by atoms with Gasteiger partial charge in [-0.25, -0.2) is 4.98 Å². The second-order valence-corrected chi connectivity index (χ2v) is 5.37. The Morgan fingerprint density at radius 1 is 1.20 bits per heavy atom. The van der Waals surface area contributed by atoms with Crippen molar-refractivity contribution in [3.8, 4) is 0 Å². The first-order valence-corrected chi connectivity index (χ1v) is 7.19. The van der Waals surface area contributed by atoms with Crippen molar-refractivity contribution in [1.82, 2.24) is 15.0 Å². The Morgan fingerprint density at radius 2 is 2.00 bits per heavy atom. The Balaban J connectivity index is 1.98. The minimum atomic E-state index is 0.650. The maximum atomic E-state index is 4.58. The molecule has 0 amide bonds. The van der Waals surface area contributed by atoms with E-state index in [9.17, 15) is 0 Å². The molecule has 0 radical (unpaired) electrons. The average molecular weight is 285 g/mol. The Bertz CT molecular complexity index is 710. The van der Waals surface area contributed by atoms with Gasteiger partial charge in [-0.05, 0) is 29.1 Å². The highest BCUT2D eigenvalue weighted by molar-refractivity contribution is 7.16. The van der Waals surface area contributed by atoms with Crippen LogP contribution in [0.4, 0.5) is 11.8 Å². The zero-order chi connectivity index (χ0) is 13.9. The zero-order valence-electron chi connectivity index (χ0n) is 11.4. The molecule has 0 aromatic carbocycles. The van der Waals surface area contributed by atoms with E-state index in [1.54, 1.807) is 11.3 Å². The quantitative estimate of drug-likeness (QED) is 0.799. The third-order valence-electron chi connectivity index (χ3n) is 3.06. The van der Waals surface area contributed by atoms with Crippen molar-refractivity contribution < 1.29 is 0 Å². The van der Waals surface area contributed by atoms with Crippen LogP contribution in [0.2, 0.25) is 0 Å². The Kier molecular flexibility index (Phi) is 3.47. The maximum absolute atomic E-state index is 4.58. The lowest BCUT2D eigenvalue weighted by Gasteiger charge is -2.19. The molecule has 0 atom stereocenters. The predicted octanol–water partition coefficient (Wildman–Crippen LogP) is 2.76. The van der Waals surface area contributed by atoms with E-state index in [-0.39, 0.29) is 0 Å². The summed E-state index contributed by atoms with van der Waals surface area (Å²) in [4.78, 5) is 16.2. The minimum Gasteiger partial charge on any atom is -0.357 e. The van der Waals surface area contributed by atoms with Crippen LogP contribution in [-0.2, 0) is 6.54 Å². The molecular weight excluding hydrogens is 270 g/mol. The van der Waals surface area contributed by atoms with E-state index in [1.165, 1.54) is 5.56 Å². The first-order chi connectivity index (χ1) is 9.78. The van der Waals surface area contributed by atoms with E-state index in [1.807, 2.05) is 44.0 Å². The van der Waals surface area contributed by atoms with E-state index >= 15 is 0 Å². The van der Waals surface area contributed by atoms with Crippen LogP contribution in [0, 0.1) is 0 Å². The van der Waals surface area contributed by atoms with E-state index in [4.69, 9.17) is 0 Å². The highest BCUT2D eigenvalue weighted by Crippen LogP contribution is 2.29. The number of nitrogens with zero attached hydrogens (tertiary/aromatic N) is 4. The van der Waals surface area contributed by atoms with Gasteiger partial charge in [-0.2, -0.15) is 4.98 Å². The molecule has 102 valence electrons. The summed E-state index contributed by atoms with van der Waals surface area (Å²) in [5.74, 6) is 1.59. The Morgan fingerprint density at radius 3 is 2.75 bits per heavy atom. The van der Waals surface area contributed by atoms with Crippen molar-refractivity contribution in [3.63, 3.8) is 0 Å². The first-order valence-electron chi connectivity index (χ1n) is 6.31. The number of anilines is 2. The van der Waals surface area contributed by atoms with Gasteiger partial charge in [0.25, 0.3) is 0 Å². The number of fused-ring (bicyclic) bond motifs is 1. The molecule has 1 N–H and O–H groups in total. The summed E-state index contributed by atoms with van der Waals surface area (Å²) in [5.41, 5.74) is 1.20. The van der Waals surface area contributed by atoms with Crippen LogP contribution in [0.3, 0.4) is 0 Å². The number of thiophene rings is 1. The molecule has 3 heterocycles. The smallest absolute Gasteiger partial charge is 0.225 e. The molecule has 0 bridgehead atoms. The molecule has 0 saturated carbocycles. The molecular formula is C14H15N5S. The van der Waals surface area contributed by atoms with Gasteiger partial charge in [0, 0.05) is 33.0 Å². The topological polar surface area (TPSA) is 53.9 Å². The monoisotopic (exact) mass is 285 g/mol. The van der Waals surface area contributed by atoms with Crippen molar-refractivity contribution in [3.05, 3.63) is 41.5 Å². The van der Waals surface area contributed by atoms with Crippen LogP contribution in [-0.4, -0.2) is 29.0 Å². The summed E-state index contributed by atoms with van der Waals surface area (Å²) >= 11 is 1.63. The number of rotatable bonds is 4. The molecule has 6 heteroatoms. The summed E-state index contributed by atoms with van der Waals surface area (Å²) < 4.78 is 0. The third kappa shape index (κ3) is 2.42. The van der Waals surface area contributed by atoms with Gasteiger partial charge in [0.05, 0.1) is 5.39 Å². The summed E-state index contributed by atoms with van der Waals surface area (Å²) in [6.45, 7) is 0.785. The summed E-state index contributed by atoms with van der Waals surface area (Å²) in [6.07, 6.45) is 3.62. The van der Waals surface area contributed by atoms with E-state index in [2.05, 4.69) is 31.2 Å². The highest BCUT2D eigenvalue weighted by Gasteiger charge is 2.12. The second-order valence-electron chi connectivity index (χ2n) is 4.47. The number of nitrogens with one attached hydrogen (secondary N) is 1. The Hall–Kier alpha value is -2.21. The maximum Gasteiger partial charge on any atom is 0.225 e. The number of hydrogen-bond acceptors (Lipinski definition) is 6. The Labute approximate surface area is 121 Å². The molecule has 0 unspecified atom stereocenters. The van der Waals surface area contributed by atoms with Gasteiger partial charge in [-0.3, -0.25) is 4.98 Å². The van der Waals surface area contributed by atoms with Crippen LogP contribution in [0.15, 0.2) is 36.0 Å². The van der Waals surface area contributed by atoms with Crippen molar-refractivity contribution in [2.75, 3.05) is 24.3 Å². The summed E-state index contributed by atoms with van der Waals surface area (Å²) in [5, 5.41) is 6.15. The van der Waals surface area contributed by atoms with Crippen LogP contribution < -0.4 is 10.2 Å². The number of aromatic nitrogens is 3. The minimum absolute atomic E-state index is 0.650. The fraction of sp³-hybridized carbons (Fsp3) is 0.214. The fourth-order valence-electron chi connectivity index (χ4n) is 2.08. The van der Waals surface area contributed by atoms with Crippen LogP contribution >= 0.6 is 11.3 Å². The van der Waals surface area contributed by atoms with Crippen molar-refractivity contribution >= 4 is 33.3 Å². The normalized spacial score (nSPS) is 10.7. The van der Waals surface area contributed by atoms with Gasteiger partial charge in [-0.15, -0.1) is 11.3 Å². The number of hydrogen-bond donors (Lipinski definition) is 1. The molecule has 0 aliphatic heterocycles. The highest BCUT2D eigenvalue weighted by atomic mass is 32.1. The van der Waals surface area contributed by atoms with Gasteiger partial charge < -0.3 is 10.2 Å². The van der Waals surface area contributed by atoms with Gasteiger partial charge in [0.2, 0.25) is 5.95 Å². The molecule has 0 aliphatic carbocycles. The molecule has 20 heavy (non-hydrogen) atoms. The first kappa shape index (κ1) is 12.8. The van der Waals surface area contributed by atoms with E-state index in [0.29, 0.717) is 5.95 Å². The zero-order valence-corrected chi connectivity index (χ0v) is 12.2. The molecule has 3 rings (SSSR count). The second kappa shape index (κ2) is 5.42. The van der Waals surface area contributed by atoms with Gasteiger partial charge in [0.15, 0.2) is 0 Å². The van der Waals surface area contributed by atoms with Crippen LogP contribution in [0.25, 0.3) is 10.2 Å². The molecule has 3 aromatic heterocycles. The van der Waals surface area contributed by atoms with Gasteiger partial charge >= 0.3 is 0 Å². The molecule has 3 aromatic rings. The predicted molar refractivity (Wildman–Crippen MR) is 83.3 cm³/mol. The van der Waals surface area contributed by atoms with E-state index < -0.39 is 0 Å². The SMILES string of the molecule is CNc1nc(N(C)Cc2ccncc2)c2ccsc2n1. The van der Waals surface area contributed by atoms with Crippen LogP contribution in [0.1, 0.15) is 5.56 Å². The third-order valence-corrected chi connectivity index (χ3v) is 3.87. The molecule has 0 aliphatic rings. The summed E-state index contributed by atoms with van der Waals surface area (Å²) in [7, 11) is 3.88. The fourth-order valence-corrected chi connectivity index (χ4v) is 2.84. The largest absolute Gasteiger partial charge is 0.357 e. The lowest BCUT2D eigenvalue weighted by Crippen LogP contribution is -2.18. The van der Waals surface area contributed by atoms with E-state index in [0.717, 1.165) is 22.6 Å². The summed E-state index contributed by atoms with van der Waals surface area (Å²) in [6, 6.07) is 6.10. The average Bonchev–Trinajstić information content (AvgIpc) is 2.95. The van der Waals surface area contributed by atoms with Gasteiger partial charge in [-0.1, -0.05) is 0 Å². The van der Waals surface area contributed by atoms with Crippen LogP contribution in [0.5, 0.6) is 0 Å².